The predicted octanol–water partition coefficient (Wildman–Crippen LogP) is 2.64. The van der Waals surface area contributed by atoms with Gasteiger partial charge in [0.15, 0.2) is 5.03 Å². The highest BCUT2D eigenvalue weighted by atomic mass is 32.2. The Bertz CT molecular complexity index is 1320. The van der Waals surface area contributed by atoms with Crippen LogP contribution in [0.25, 0.3) is 11.4 Å². The van der Waals surface area contributed by atoms with Crippen molar-refractivity contribution in [1.82, 2.24) is 24.5 Å². The minimum absolute atomic E-state index is 0.0266. The van der Waals surface area contributed by atoms with Crippen LogP contribution in [0.15, 0.2) is 64.9 Å². The van der Waals surface area contributed by atoms with Crippen molar-refractivity contribution in [3.8, 4) is 11.4 Å². The van der Waals surface area contributed by atoms with E-state index in [1.165, 1.54) is 23.1 Å². The molecule has 3 heterocycles. The SMILES string of the molecule is Cc1ccc(S(=O)(=O)c2ncn3c2Cc2cnnn2-c2cc(F)ccc2-3)cc1. The molecule has 0 bridgehead atoms. The molecule has 0 saturated heterocycles. The van der Waals surface area contributed by atoms with E-state index < -0.39 is 15.7 Å². The molecule has 28 heavy (non-hydrogen) atoms. The van der Waals surface area contributed by atoms with Crippen molar-refractivity contribution < 1.29 is 12.8 Å². The van der Waals surface area contributed by atoms with E-state index in [-0.39, 0.29) is 16.3 Å². The molecule has 2 aromatic carbocycles. The number of nitrogens with zero attached hydrogens (tertiary/aromatic N) is 5. The minimum Gasteiger partial charge on any atom is -0.299 e. The van der Waals surface area contributed by atoms with Gasteiger partial charge in [-0.25, -0.2) is 22.5 Å². The summed E-state index contributed by atoms with van der Waals surface area (Å²) in [7, 11) is -3.82. The highest BCUT2D eigenvalue weighted by molar-refractivity contribution is 7.91. The third kappa shape index (κ3) is 2.40. The van der Waals surface area contributed by atoms with Gasteiger partial charge in [0.25, 0.3) is 0 Å². The number of sulfone groups is 1. The van der Waals surface area contributed by atoms with Crippen LogP contribution in [-0.2, 0) is 16.3 Å². The van der Waals surface area contributed by atoms with Crippen LogP contribution in [-0.4, -0.2) is 33.0 Å². The van der Waals surface area contributed by atoms with Gasteiger partial charge in [-0.15, -0.1) is 5.10 Å². The van der Waals surface area contributed by atoms with Crippen molar-refractivity contribution in [3.63, 3.8) is 0 Å². The highest BCUT2D eigenvalue weighted by Gasteiger charge is 2.30. The monoisotopic (exact) mass is 395 g/mol. The van der Waals surface area contributed by atoms with Gasteiger partial charge >= 0.3 is 0 Å². The minimum atomic E-state index is -3.82. The molecule has 140 valence electrons. The molecular formula is C19H14FN5O2S. The number of hydrogen-bond acceptors (Lipinski definition) is 5. The Hall–Kier alpha value is -3.33. The number of aromatic nitrogens is 5. The first kappa shape index (κ1) is 16.8. The van der Waals surface area contributed by atoms with E-state index in [0.29, 0.717) is 22.8 Å². The van der Waals surface area contributed by atoms with Crippen LogP contribution in [0.5, 0.6) is 0 Å². The quantitative estimate of drug-likeness (QED) is 0.459. The third-order valence-corrected chi connectivity index (χ3v) is 6.55. The van der Waals surface area contributed by atoms with Crippen LogP contribution in [0.3, 0.4) is 0 Å². The summed E-state index contributed by atoms with van der Waals surface area (Å²) in [6, 6.07) is 10.9. The Morgan fingerprint density at radius 3 is 2.64 bits per heavy atom. The van der Waals surface area contributed by atoms with Gasteiger partial charge in [0.2, 0.25) is 9.84 Å². The normalized spacial score (nSPS) is 12.8. The summed E-state index contributed by atoms with van der Waals surface area (Å²) in [5.41, 5.74) is 3.15. The largest absolute Gasteiger partial charge is 0.299 e. The maximum absolute atomic E-state index is 13.9. The molecule has 1 aliphatic rings. The smallest absolute Gasteiger partial charge is 0.225 e. The average Bonchev–Trinajstić information content (AvgIpc) is 3.28. The lowest BCUT2D eigenvalue weighted by Gasteiger charge is -2.10. The lowest BCUT2D eigenvalue weighted by Crippen LogP contribution is -2.08. The number of rotatable bonds is 2. The molecule has 0 aliphatic carbocycles. The number of aryl methyl sites for hydroxylation is 1. The topological polar surface area (TPSA) is 82.7 Å². The van der Waals surface area contributed by atoms with E-state index in [0.717, 1.165) is 5.56 Å². The van der Waals surface area contributed by atoms with E-state index in [4.69, 9.17) is 0 Å². The van der Waals surface area contributed by atoms with E-state index in [1.807, 2.05) is 6.92 Å². The molecule has 0 radical (unpaired) electrons. The fourth-order valence-corrected chi connectivity index (χ4v) is 4.78. The third-order valence-electron chi connectivity index (χ3n) is 4.81. The Balaban J connectivity index is 1.76. The average molecular weight is 395 g/mol. The Kier molecular flexibility index (Phi) is 3.50. The molecule has 2 aromatic heterocycles. The molecule has 1 aliphatic heterocycles. The first-order valence-electron chi connectivity index (χ1n) is 8.53. The van der Waals surface area contributed by atoms with Crippen LogP contribution < -0.4 is 0 Å². The van der Waals surface area contributed by atoms with Crippen molar-refractivity contribution in [2.24, 2.45) is 0 Å². The summed E-state index contributed by atoms with van der Waals surface area (Å²) in [6.07, 6.45) is 3.23. The Labute approximate surface area is 160 Å². The molecule has 0 N–H and O–H groups in total. The summed E-state index contributed by atoms with van der Waals surface area (Å²) in [4.78, 5) is 4.40. The van der Waals surface area contributed by atoms with Crippen LogP contribution >= 0.6 is 0 Å². The summed E-state index contributed by atoms with van der Waals surface area (Å²) in [5, 5.41) is 7.91. The van der Waals surface area contributed by atoms with Crippen LogP contribution in [0, 0.1) is 12.7 Å². The fraction of sp³-hybridized carbons (Fsp3) is 0.105. The summed E-state index contributed by atoms with van der Waals surface area (Å²) in [5.74, 6) is -0.420. The van der Waals surface area contributed by atoms with Crippen molar-refractivity contribution in [2.45, 2.75) is 23.3 Å². The van der Waals surface area contributed by atoms with E-state index in [2.05, 4.69) is 15.3 Å². The second kappa shape index (κ2) is 5.83. The van der Waals surface area contributed by atoms with Gasteiger partial charge in [-0.3, -0.25) is 4.57 Å². The Morgan fingerprint density at radius 2 is 1.86 bits per heavy atom. The number of fused-ring (bicyclic) bond motifs is 5. The fourth-order valence-electron chi connectivity index (χ4n) is 3.40. The maximum Gasteiger partial charge on any atom is 0.225 e. The van der Waals surface area contributed by atoms with E-state index in [1.54, 1.807) is 41.1 Å². The molecule has 0 amide bonds. The molecule has 9 heteroatoms. The zero-order valence-electron chi connectivity index (χ0n) is 14.7. The van der Waals surface area contributed by atoms with Gasteiger partial charge in [0, 0.05) is 12.5 Å². The van der Waals surface area contributed by atoms with Crippen LogP contribution in [0.4, 0.5) is 4.39 Å². The molecule has 0 unspecified atom stereocenters. The lowest BCUT2D eigenvalue weighted by atomic mass is 10.2. The Morgan fingerprint density at radius 1 is 1.07 bits per heavy atom. The molecule has 0 saturated carbocycles. The number of halogens is 1. The zero-order valence-corrected chi connectivity index (χ0v) is 15.6. The number of imidazole rings is 1. The van der Waals surface area contributed by atoms with Gasteiger partial charge in [0.05, 0.1) is 33.9 Å². The van der Waals surface area contributed by atoms with Crippen LogP contribution in [0.1, 0.15) is 17.0 Å². The molecule has 0 fully saturated rings. The molecule has 7 nitrogen and oxygen atoms in total. The molecular weight excluding hydrogens is 381 g/mol. The maximum atomic E-state index is 13.9. The van der Waals surface area contributed by atoms with Gasteiger partial charge in [-0.2, -0.15) is 0 Å². The summed E-state index contributed by atoms with van der Waals surface area (Å²) >= 11 is 0. The van der Waals surface area contributed by atoms with Crippen molar-refractivity contribution in [2.75, 3.05) is 0 Å². The second-order valence-electron chi connectivity index (χ2n) is 6.63. The van der Waals surface area contributed by atoms with E-state index in [9.17, 15) is 12.8 Å². The lowest BCUT2D eigenvalue weighted by molar-refractivity contribution is 0.591. The van der Waals surface area contributed by atoms with Gasteiger partial charge in [-0.05, 0) is 31.2 Å². The second-order valence-corrected chi connectivity index (χ2v) is 8.49. The summed E-state index contributed by atoms with van der Waals surface area (Å²) in [6.45, 7) is 1.89. The number of benzene rings is 2. The molecule has 0 atom stereocenters. The standard InChI is InChI=1S/C19H14FN5O2S/c1-12-2-5-15(6-3-12)28(26,27)19-18-9-14-10-22-23-25(14)17-8-13(20)4-7-16(17)24(18)11-21-19/h2-8,10-11H,9H2,1H3. The summed E-state index contributed by atoms with van der Waals surface area (Å²) < 4.78 is 43.5. The van der Waals surface area contributed by atoms with Crippen molar-refractivity contribution in [1.29, 1.82) is 0 Å². The zero-order chi connectivity index (χ0) is 19.5. The predicted molar refractivity (Wildman–Crippen MR) is 97.9 cm³/mol. The van der Waals surface area contributed by atoms with Gasteiger partial charge < -0.3 is 0 Å². The van der Waals surface area contributed by atoms with Gasteiger partial charge in [-0.1, -0.05) is 22.9 Å². The number of hydrogen-bond donors (Lipinski definition) is 0. The molecule has 4 aromatic rings. The first-order valence-corrected chi connectivity index (χ1v) is 10.0. The first-order chi connectivity index (χ1) is 13.4. The molecule has 5 rings (SSSR count). The van der Waals surface area contributed by atoms with Crippen molar-refractivity contribution >= 4 is 9.84 Å². The van der Waals surface area contributed by atoms with Crippen LogP contribution in [0.2, 0.25) is 0 Å². The van der Waals surface area contributed by atoms with Gasteiger partial charge in [0.1, 0.15) is 12.1 Å². The van der Waals surface area contributed by atoms with Crippen molar-refractivity contribution in [3.05, 3.63) is 77.8 Å². The molecule has 0 spiro atoms. The van der Waals surface area contributed by atoms with E-state index >= 15 is 0 Å². The highest BCUT2D eigenvalue weighted by Crippen LogP contribution is 2.32.